The Hall–Kier alpha value is -3.77. The third-order valence-corrected chi connectivity index (χ3v) is 4.88. The van der Waals surface area contributed by atoms with Crippen LogP contribution in [0.4, 0.5) is 5.69 Å². The van der Waals surface area contributed by atoms with E-state index in [0.717, 1.165) is 27.2 Å². The lowest BCUT2D eigenvalue weighted by Crippen LogP contribution is -2.46. The fourth-order valence-corrected chi connectivity index (χ4v) is 3.36. The van der Waals surface area contributed by atoms with E-state index in [1.165, 1.54) is 0 Å². The number of fused-ring (bicyclic) bond motifs is 2. The molecular formula is C24H21N3O3. The van der Waals surface area contributed by atoms with Crippen LogP contribution in [0.5, 0.6) is 0 Å². The van der Waals surface area contributed by atoms with Crippen molar-refractivity contribution in [1.29, 1.82) is 0 Å². The Morgan fingerprint density at radius 1 is 0.900 bits per heavy atom. The number of carbonyl (C=O) groups is 2. The van der Waals surface area contributed by atoms with Gasteiger partial charge < -0.3 is 15.7 Å². The third kappa shape index (κ3) is 4.45. The average molecular weight is 399 g/mol. The van der Waals surface area contributed by atoms with E-state index < -0.39 is 18.6 Å². The van der Waals surface area contributed by atoms with E-state index in [4.69, 9.17) is 0 Å². The molecule has 6 heteroatoms. The molecule has 3 N–H and O–H groups in total. The molecule has 0 spiro atoms. The molecule has 1 aromatic heterocycles. The first-order valence-electron chi connectivity index (χ1n) is 9.66. The number of aromatic nitrogens is 1. The van der Waals surface area contributed by atoms with Crippen molar-refractivity contribution in [2.75, 3.05) is 11.9 Å². The Labute approximate surface area is 173 Å². The average Bonchev–Trinajstić information content (AvgIpc) is 2.77. The van der Waals surface area contributed by atoms with Gasteiger partial charge in [0, 0.05) is 17.3 Å². The molecule has 0 fully saturated rings. The Kier molecular flexibility index (Phi) is 5.68. The molecule has 1 atom stereocenters. The molecule has 0 bridgehead atoms. The lowest BCUT2D eigenvalue weighted by atomic mass is 10.0. The zero-order chi connectivity index (χ0) is 20.9. The summed E-state index contributed by atoms with van der Waals surface area (Å²) in [6.07, 6.45) is 1.82. The van der Waals surface area contributed by atoms with E-state index in [1.807, 2.05) is 54.6 Å². The Balaban J connectivity index is 1.40. The summed E-state index contributed by atoms with van der Waals surface area (Å²) in [7, 11) is 0. The molecule has 1 heterocycles. The highest BCUT2D eigenvalue weighted by atomic mass is 16.3. The third-order valence-electron chi connectivity index (χ3n) is 4.88. The van der Waals surface area contributed by atoms with E-state index >= 15 is 0 Å². The highest BCUT2D eigenvalue weighted by Crippen LogP contribution is 2.18. The Morgan fingerprint density at radius 2 is 1.70 bits per heavy atom. The second-order valence-corrected chi connectivity index (χ2v) is 7.06. The van der Waals surface area contributed by atoms with Crippen LogP contribution < -0.4 is 10.6 Å². The second-order valence-electron chi connectivity index (χ2n) is 7.06. The summed E-state index contributed by atoms with van der Waals surface area (Å²) in [5.74, 6) is -0.810. The second kappa shape index (κ2) is 8.71. The Morgan fingerprint density at radius 3 is 2.53 bits per heavy atom. The molecule has 0 aliphatic heterocycles. The predicted molar refractivity (Wildman–Crippen MR) is 117 cm³/mol. The summed E-state index contributed by atoms with van der Waals surface area (Å²) in [6.45, 7) is -0.496. The van der Waals surface area contributed by atoms with Crippen LogP contribution in [0.15, 0.2) is 79.0 Å². The van der Waals surface area contributed by atoms with Crippen LogP contribution in [0.2, 0.25) is 0 Å². The van der Waals surface area contributed by atoms with Gasteiger partial charge in [-0.25, -0.2) is 0 Å². The van der Waals surface area contributed by atoms with Gasteiger partial charge in [0.1, 0.15) is 6.04 Å². The first kappa shape index (κ1) is 19.5. The maximum Gasteiger partial charge on any atom is 0.249 e. The number of hydrogen-bond donors (Lipinski definition) is 3. The van der Waals surface area contributed by atoms with Crippen molar-refractivity contribution in [2.24, 2.45) is 0 Å². The molecule has 0 saturated heterocycles. The normalized spacial score (nSPS) is 11.9. The largest absolute Gasteiger partial charge is 0.394 e. The summed E-state index contributed by atoms with van der Waals surface area (Å²) in [5.41, 5.74) is 2.23. The molecule has 0 saturated carbocycles. The van der Waals surface area contributed by atoms with Crippen LogP contribution in [0.3, 0.4) is 0 Å². The van der Waals surface area contributed by atoms with Crippen molar-refractivity contribution in [3.8, 4) is 0 Å². The number of amides is 2. The van der Waals surface area contributed by atoms with E-state index in [-0.39, 0.29) is 12.3 Å². The number of pyridine rings is 1. The number of nitrogens with one attached hydrogen (secondary N) is 2. The lowest BCUT2D eigenvalue weighted by molar-refractivity contribution is -0.126. The van der Waals surface area contributed by atoms with Crippen LogP contribution in [-0.4, -0.2) is 34.6 Å². The number of nitrogens with zero attached hydrogens (tertiary/aromatic N) is 1. The van der Waals surface area contributed by atoms with Gasteiger partial charge in [0.05, 0.1) is 18.5 Å². The number of aliphatic hydroxyl groups excluding tert-OH is 1. The summed E-state index contributed by atoms with van der Waals surface area (Å²) in [6, 6.07) is 21.7. The molecule has 6 nitrogen and oxygen atoms in total. The molecular weight excluding hydrogens is 378 g/mol. The van der Waals surface area contributed by atoms with Crippen LogP contribution in [0.25, 0.3) is 21.7 Å². The zero-order valence-electron chi connectivity index (χ0n) is 16.2. The number of carbonyl (C=O) groups excluding carboxylic acids is 2. The highest BCUT2D eigenvalue weighted by Gasteiger charge is 2.20. The topological polar surface area (TPSA) is 91.3 Å². The van der Waals surface area contributed by atoms with Gasteiger partial charge in [-0.1, -0.05) is 48.5 Å². The summed E-state index contributed by atoms with van der Waals surface area (Å²) in [5, 5.41) is 18.0. The van der Waals surface area contributed by atoms with Gasteiger partial charge >= 0.3 is 0 Å². The van der Waals surface area contributed by atoms with Crippen molar-refractivity contribution in [1.82, 2.24) is 10.3 Å². The smallest absolute Gasteiger partial charge is 0.249 e. The summed E-state index contributed by atoms with van der Waals surface area (Å²) in [4.78, 5) is 29.2. The molecule has 1 unspecified atom stereocenters. The Bertz CT molecular complexity index is 1220. The highest BCUT2D eigenvalue weighted by molar-refractivity contribution is 5.99. The molecule has 4 aromatic rings. The molecule has 150 valence electrons. The van der Waals surface area contributed by atoms with Crippen molar-refractivity contribution in [3.05, 3.63) is 84.6 Å². The number of benzene rings is 3. The van der Waals surface area contributed by atoms with Gasteiger partial charge in [0.2, 0.25) is 11.8 Å². The fraction of sp³-hybridized carbons (Fsp3) is 0.125. The molecule has 30 heavy (non-hydrogen) atoms. The van der Waals surface area contributed by atoms with Gasteiger partial charge in [-0.2, -0.15) is 0 Å². The van der Waals surface area contributed by atoms with Crippen LogP contribution >= 0.6 is 0 Å². The minimum atomic E-state index is -1.04. The van der Waals surface area contributed by atoms with Gasteiger partial charge in [-0.05, 0) is 40.6 Å². The monoisotopic (exact) mass is 399 g/mol. The van der Waals surface area contributed by atoms with Gasteiger partial charge in [-0.3, -0.25) is 14.6 Å². The maximum absolute atomic E-state index is 12.5. The molecule has 0 aliphatic carbocycles. The number of hydrogen-bond acceptors (Lipinski definition) is 4. The molecule has 3 aromatic carbocycles. The van der Waals surface area contributed by atoms with E-state index in [1.54, 1.807) is 24.4 Å². The SMILES string of the molecule is O=C(Cc1ccc2ccccc2c1)NC(CO)C(=O)Nc1ccc2ncccc2c1. The molecule has 2 amide bonds. The zero-order valence-corrected chi connectivity index (χ0v) is 16.2. The minimum Gasteiger partial charge on any atom is -0.394 e. The van der Waals surface area contributed by atoms with E-state index in [2.05, 4.69) is 15.6 Å². The van der Waals surface area contributed by atoms with Crippen LogP contribution in [-0.2, 0) is 16.0 Å². The van der Waals surface area contributed by atoms with Crippen molar-refractivity contribution < 1.29 is 14.7 Å². The molecule has 0 radical (unpaired) electrons. The van der Waals surface area contributed by atoms with Gasteiger partial charge in [-0.15, -0.1) is 0 Å². The van der Waals surface area contributed by atoms with Gasteiger partial charge in [0.25, 0.3) is 0 Å². The van der Waals surface area contributed by atoms with Crippen molar-refractivity contribution >= 4 is 39.2 Å². The lowest BCUT2D eigenvalue weighted by Gasteiger charge is -2.16. The van der Waals surface area contributed by atoms with Crippen LogP contribution in [0, 0.1) is 0 Å². The maximum atomic E-state index is 12.5. The number of aliphatic hydroxyl groups is 1. The molecule has 4 rings (SSSR count). The number of anilines is 1. The quantitative estimate of drug-likeness (QED) is 0.465. The predicted octanol–water partition coefficient (Wildman–Crippen LogP) is 3.05. The summed E-state index contributed by atoms with van der Waals surface area (Å²) >= 11 is 0. The van der Waals surface area contributed by atoms with Crippen LogP contribution in [0.1, 0.15) is 5.56 Å². The van der Waals surface area contributed by atoms with Gasteiger partial charge in [0.15, 0.2) is 0 Å². The van der Waals surface area contributed by atoms with E-state index in [0.29, 0.717) is 5.69 Å². The minimum absolute atomic E-state index is 0.121. The van der Waals surface area contributed by atoms with Crippen molar-refractivity contribution in [3.63, 3.8) is 0 Å². The fourth-order valence-electron chi connectivity index (χ4n) is 3.36. The summed E-state index contributed by atoms with van der Waals surface area (Å²) < 4.78 is 0. The first-order valence-corrected chi connectivity index (χ1v) is 9.66. The molecule has 0 aliphatic rings. The van der Waals surface area contributed by atoms with E-state index in [9.17, 15) is 14.7 Å². The standard InChI is InChI=1S/C24H21N3O3/c28-15-22(24(30)26-20-9-10-21-19(14-20)6-3-11-25-21)27-23(29)13-16-7-8-17-4-1-2-5-18(17)12-16/h1-12,14,22,28H,13,15H2,(H,26,30)(H,27,29). The number of rotatable bonds is 6. The first-order chi connectivity index (χ1) is 14.6. The van der Waals surface area contributed by atoms with Crippen molar-refractivity contribution in [2.45, 2.75) is 12.5 Å².